The third-order valence-electron chi connectivity index (χ3n) is 5.57. The van der Waals surface area contributed by atoms with Gasteiger partial charge in [-0.15, -0.1) is 0 Å². The summed E-state index contributed by atoms with van der Waals surface area (Å²) in [5, 5.41) is 0. The van der Waals surface area contributed by atoms with Gasteiger partial charge in [-0.3, -0.25) is 4.79 Å². The maximum Gasteiger partial charge on any atom is 0.498 e. The van der Waals surface area contributed by atoms with Crippen LogP contribution < -0.4 is 10.2 Å². The minimum absolute atomic E-state index is 0.0421. The molecule has 1 aliphatic heterocycles. The molecule has 2 aliphatic rings. The van der Waals surface area contributed by atoms with Gasteiger partial charge < -0.3 is 18.8 Å². The summed E-state index contributed by atoms with van der Waals surface area (Å²) in [4.78, 5) is 11.9. The minimum atomic E-state index is -0.486. The number of methoxy groups -OCH3 is 1. The maximum absolute atomic E-state index is 11.9. The number of hydrogen-bond donors (Lipinski definition) is 0. The largest absolute Gasteiger partial charge is 0.498 e. The van der Waals surface area contributed by atoms with Crippen molar-refractivity contribution in [2.24, 2.45) is 5.92 Å². The first-order valence-electron chi connectivity index (χ1n) is 8.90. The fourth-order valence-electron chi connectivity index (χ4n) is 3.21. The van der Waals surface area contributed by atoms with Gasteiger partial charge in [-0.2, -0.15) is 0 Å². The van der Waals surface area contributed by atoms with Crippen molar-refractivity contribution in [2.45, 2.75) is 58.2 Å². The zero-order valence-corrected chi connectivity index (χ0v) is 15.9. The number of ether oxygens (including phenoxy) is 2. The summed E-state index contributed by atoms with van der Waals surface area (Å²) in [6.07, 6.45) is 0.827. The van der Waals surface area contributed by atoms with Crippen molar-refractivity contribution < 1.29 is 23.6 Å². The standard InChI is InChI=1S/C19H27BO5/c1-7-23-17(21)14-11-13(14)12-8-9-16(22-6)15(10-12)20-24-18(2,3)19(4,5)25-20/h8-10,13-14H,7,11H2,1-6H3/t13-,14+/m1/s1. The zero-order valence-electron chi connectivity index (χ0n) is 15.9. The van der Waals surface area contributed by atoms with Gasteiger partial charge in [0.15, 0.2) is 0 Å². The Morgan fingerprint density at radius 2 is 1.88 bits per heavy atom. The first-order valence-corrected chi connectivity index (χ1v) is 8.90. The lowest BCUT2D eigenvalue weighted by atomic mass is 9.77. The summed E-state index contributed by atoms with van der Waals surface area (Å²) in [5.41, 5.74) is 1.15. The van der Waals surface area contributed by atoms with E-state index in [-0.39, 0.29) is 17.8 Å². The van der Waals surface area contributed by atoms with Crippen molar-refractivity contribution >= 4 is 18.6 Å². The first kappa shape index (κ1) is 18.3. The van der Waals surface area contributed by atoms with Crippen molar-refractivity contribution in [1.29, 1.82) is 0 Å². The van der Waals surface area contributed by atoms with E-state index in [4.69, 9.17) is 18.8 Å². The molecule has 1 saturated heterocycles. The third-order valence-corrected chi connectivity index (χ3v) is 5.57. The molecule has 0 unspecified atom stereocenters. The van der Waals surface area contributed by atoms with E-state index < -0.39 is 18.3 Å². The van der Waals surface area contributed by atoms with Crippen LogP contribution in [0.15, 0.2) is 18.2 Å². The molecule has 5 nitrogen and oxygen atoms in total. The van der Waals surface area contributed by atoms with Crippen molar-refractivity contribution in [3.63, 3.8) is 0 Å². The van der Waals surface area contributed by atoms with E-state index in [0.29, 0.717) is 6.61 Å². The molecule has 1 saturated carbocycles. The highest BCUT2D eigenvalue weighted by atomic mass is 16.7. The smallest absolute Gasteiger partial charge is 0.497 e. The van der Waals surface area contributed by atoms with Gasteiger partial charge in [-0.25, -0.2) is 0 Å². The molecule has 3 rings (SSSR count). The summed E-state index contributed by atoms with van der Waals surface area (Å²) in [5.74, 6) is 0.779. The molecule has 0 aromatic heterocycles. The molecule has 25 heavy (non-hydrogen) atoms. The summed E-state index contributed by atoms with van der Waals surface area (Å²) in [7, 11) is 1.15. The van der Waals surface area contributed by atoms with Crippen LogP contribution in [0.4, 0.5) is 0 Å². The van der Waals surface area contributed by atoms with E-state index in [1.54, 1.807) is 7.11 Å². The molecule has 2 fully saturated rings. The van der Waals surface area contributed by atoms with E-state index >= 15 is 0 Å². The predicted octanol–water partition coefficient (Wildman–Crippen LogP) is 2.66. The number of rotatable bonds is 5. The molecule has 1 aliphatic carbocycles. The highest BCUT2D eigenvalue weighted by molar-refractivity contribution is 6.63. The van der Waals surface area contributed by atoms with Crippen molar-refractivity contribution in [2.75, 3.05) is 13.7 Å². The van der Waals surface area contributed by atoms with Crippen LogP contribution in [0.2, 0.25) is 0 Å². The monoisotopic (exact) mass is 346 g/mol. The molecular formula is C19H27BO5. The van der Waals surface area contributed by atoms with E-state index in [2.05, 4.69) is 0 Å². The molecule has 1 aromatic carbocycles. The van der Waals surface area contributed by atoms with E-state index in [1.165, 1.54) is 0 Å². The highest BCUT2D eigenvalue weighted by Crippen LogP contribution is 2.48. The SMILES string of the molecule is CCOC(=O)[C@H]1C[C@@H]1c1ccc(OC)c(B2OC(C)(C)C(C)(C)O2)c1. The number of hydrogen-bond acceptors (Lipinski definition) is 5. The van der Waals surface area contributed by atoms with Gasteiger partial charge in [-0.05, 0) is 58.6 Å². The number of carbonyl (C=O) groups excluding carboxylic acids is 1. The lowest BCUT2D eigenvalue weighted by Gasteiger charge is -2.32. The molecule has 0 N–H and O–H groups in total. The van der Waals surface area contributed by atoms with Crippen LogP contribution in [0.3, 0.4) is 0 Å². The Morgan fingerprint density at radius 1 is 1.24 bits per heavy atom. The fourth-order valence-corrected chi connectivity index (χ4v) is 3.21. The molecule has 6 heteroatoms. The Kier molecular flexibility index (Phi) is 4.62. The lowest BCUT2D eigenvalue weighted by molar-refractivity contribution is -0.144. The van der Waals surface area contributed by atoms with Gasteiger partial charge in [0.05, 0.1) is 30.8 Å². The van der Waals surface area contributed by atoms with Gasteiger partial charge >= 0.3 is 13.1 Å². The number of esters is 1. The van der Waals surface area contributed by atoms with Gasteiger partial charge in [0, 0.05) is 5.46 Å². The molecule has 1 heterocycles. The summed E-state index contributed by atoms with van der Waals surface area (Å²) in [6.45, 7) is 10.4. The third kappa shape index (κ3) is 3.29. The summed E-state index contributed by atoms with van der Waals surface area (Å²) < 4.78 is 23.0. The molecule has 0 amide bonds. The Bertz CT molecular complexity index is 654. The highest BCUT2D eigenvalue weighted by Gasteiger charge is 2.53. The maximum atomic E-state index is 11.9. The van der Waals surface area contributed by atoms with Gasteiger partial charge in [0.25, 0.3) is 0 Å². The number of benzene rings is 1. The van der Waals surface area contributed by atoms with Crippen LogP contribution in [0.1, 0.15) is 52.5 Å². The molecule has 0 bridgehead atoms. The van der Waals surface area contributed by atoms with Crippen LogP contribution in [0.5, 0.6) is 5.75 Å². The summed E-state index contributed by atoms with van der Waals surface area (Å²) >= 11 is 0. The molecular weight excluding hydrogens is 319 g/mol. The van der Waals surface area contributed by atoms with E-state index in [9.17, 15) is 4.79 Å². The predicted molar refractivity (Wildman–Crippen MR) is 96.2 cm³/mol. The van der Waals surface area contributed by atoms with E-state index in [0.717, 1.165) is 23.2 Å². The first-order chi connectivity index (χ1) is 11.7. The van der Waals surface area contributed by atoms with Crippen LogP contribution in [-0.4, -0.2) is 38.0 Å². The average Bonchev–Trinajstić information content (AvgIpc) is 3.30. The van der Waals surface area contributed by atoms with Crippen molar-refractivity contribution in [3.05, 3.63) is 23.8 Å². The van der Waals surface area contributed by atoms with Crippen LogP contribution in [0.25, 0.3) is 0 Å². The summed E-state index contributed by atoms with van der Waals surface area (Å²) in [6, 6.07) is 5.98. The minimum Gasteiger partial charge on any atom is -0.497 e. The number of carbonyl (C=O) groups is 1. The Balaban J connectivity index is 1.84. The quantitative estimate of drug-likeness (QED) is 0.606. The van der Waals surface area contributed by atoms with Gasteiger partial charge in [0.1, 0.15) is 5.75 Å². The Labute approximate surface area is 150 Å². The second-order valence-corrected chi connectivity index (χ2v) is 7.79. The normalized spacial score (nSPS) is 26.4. The zero-order chi connectivity index (χ0) is 18.4. The molecule has 1 aromatic rings. The lowest BCUT2D eigenvalue weighted by Crippen LogP contribution is -2.41. The van der Waals surface area contributed by atoms with E-state index in [1.807, 2.05) is 52.8 Å². The van der Waals surface area contributed by atoms with Crippen molar-refractivity contribution in [1.82, 2.24) is 0 Å². The molecule has 0 radical (unpaired) electrons. The van der Waals surface area contributed by atoms with Crippen molar-refractivity contribution in [3.8, 4) is 5.75 Å². The molecule has 0 spiro atoms. The van der Waals surface area contributed by atoms with Gasteiger partial charge in [0.2, 0.25) is 0 Å². The molecule has 136 valence electrons. The molecule has 2 atom stereocenters. The van der Waals surface area contributed by atoms with Gasteiger partial charge in [-0.1, -0.05) is 12.1 Å². The average molecular weight is 346 g/mol. The Hall–Kier alpha value is -1.53. The second-order valence-electron chi connectivity index (χ2n) is 7.79. The van der Waals surface area contributed by atoms with Crippen LogP contribution in [0, 0.1) is 5.92 Å². The second kappa shape index (κ2) is 6.33. The van der Waals surface area contributed by atoms with Crippen LogP contribution >= 0.6 is 0 Å². The fraction of sp³-hybridized carbons (Fsp3) is 0.632. The topological polar surface area (TPSA) is 54.0 Å². The Morgan fingerprint density at radius 3 is 2.44 bits per heavy atom. The van der Waals surface area contributed by atoms with Crippen LogP contribution in [-0.2, 0) is 18.8 Å².